The Kier molecular flexibility index (Phi) is 4.98. The van der Waals surface area contributed by atoms with Crippen LogP contribution in [0, 0.1) is 0 Å². The quantitative estimate of drug-likeness (QED) is 0.872. The summed E-state index contributed by atoms with van der Waals surface area (Å²) in [6.07, 6.45) is -0.312. The molecule has 5 nitrogen and oxygen atoms in total. The molecule has 0 aliphatic heterocycles. The van der Waals surface area contributed by atoms with Gasteiger partial charge in [0.15, 0.2) is 0 Å². The topological polar surface area (TPSA) is 83.5 Å². The number of carbonyl (C=O) groups is 1. The molecule has 0 heterocycles. The molecule has 1 aromatic carbocycles. The average Bonchev–Trinajstić information content (AvgIpc) is 2.13. The maximum absolute atomic E-state index is 11.9. The minimum atomic E-state index is -3.83. The van der Waals surface area contributed by atoms with Crippen molar-refractivity contribution in [1.82, 2.24) is 4.72 Å². The predicted octanol–water partition coefficient (Wildman–Crippen LogP) is 2.13. The van der Waals surface area contributed by atoms with Crippen molar-refractivity contribution in [1.29, 1.82) is 0 Å². The Morgan fingerprint density at radius 2 is 1.83 bits per heavy atom. The van der Waals surface area contributed by atoms with Crippen LogP contribution in [0.5, 0.6) is 0 Å². The number of hydrogen-bond acceptors (Lipinski definition) is 3. The number of rotatable bonds is 5. The molecule has 1 rings (SSSR count). The van der Waals surface area contributed by atoms with Crippen LogP contribution >= 0.6 is 23.2 Å². The van der Waals surface area contributed by atoms with E-state index in [9.17, 15) is 13.2 Å². The molecule has 0 fully saturated rings. The summed E-state index contributed by atoms with van der Waals surface area (Å²) in [5, 5.41) is 8.94. The molecule has 18 heavy (non-hydrogen) atoms. The lowest BCUT2D eigenvalue weighted by molar-refractivity contribution is -0.137. The molecule has 0 unspecified atom stereocenters. The number of aliphatic carboxylic acids is 1. The van der Waals surface area contributed by atoms with Crippen LogP contribution in [0.3, 0.4) is 0 Å². The molecule has 0 spiro atoms. The SMILES string of the molecule is C[C@@H](CC(=O)O)NS(=O)(=O)c1cc(Cl)cc(Cl)c1. The number of halogens is 2. The maximum atomic E-state index is 11.9. The van der Waals surface area contributed by atoms with Gasteiger partial charge in [-0.3, -0.25) is 4.79 Å². The number of sulfonamides is 1. The van der Waals surface area contributed by atoms with Gasteiger partial charge in [0.1, 0.15) is 0 Å². The van der Waals surface area contributed by atoms with Gasteiger partial charge in [-0.2, -0.15) is 0 Å². The molecule has 0 bridgehead atoms. The summed E-state index contributed by atoms with van der Waals surface area (Å²) < 4.78 is 26.0. The van der Waals surface area contributed by atoms with Gasteiger partial charge >= 0.3 is 5.97 Å². The zero-order valence-electron chi connectivity index (χ0n) is 9.35. The molecular formula is C10H11Cl2NO4S. The molecular weight excluding hydrogens is 301 g/mol. The second kappa shape index (κ2) is 5.88. The molecule has 100 valence electrons. The van der Waals surface area contributed by atoms with Crippen molar-refractivity contribution in [2.24, 2.45) is 0 Å². The van der Waals surface area contributed by atoms with Gasteiger partial charge in [0.05, 0.1) is 11.3 Å². The van der Waals surface area contributed by atoms with Crippen LogP contribution in [0.4, 0.5) is 0 Å². The van der Waals surface area contributed by atoms with Crippen molar-refractivity contribution in [2.45, 2.75) is 24.3 Å². The predicted molar refractivity (Wildman–Crippen MR) is 68.5 cm³/mol. The van der Waals surface area contributed by atoms with Gasteiger partial charge in [-0.15, -0.1) is 0 Å². The third-order valence-corrected chi connectivity index (χ3v) is 3.99. The van der Waals surface area contributed by atoms with Crippen LogP contribution in [0.2, 0.25) is 10.0 Å². The summed E-state index contributed by atoms with van der Waals surface area (Å²) in [4.78, 5) is 10.4. The number of hydrogen-bond donors (Lipinski definition) is 2. The van der Waals surface area contributed by atoms with E-state index < -0.39 is 22.0 Å². The van der Waals surface area contributed by atoms with E-state index in [0.717, 1.165) is 0 Å². The summed E-state index contributed by atoms with van der Waals surface area (Å²) in [6, 6.07) is 3.15. The van der Waals surface area contributed by atoms with E-state index >= 15 is 0 Å². The first-order valence-corrected chi connectivity index (χ1v) is 7.15. The molecule has 0 aliphatic rings. The molecule has 8 heteroatoms. The summed E-state index contributed by atoms with van der Waals surface area (Å²) in [5.41, 5.74) is 0. The normalized spacial score (nSPS) is 13.3. The van der Waals surface area contributed by atoms with Crippen LogP contribution in [-0.2, 0) is 14.8 Å². The first-order chi connectivity index (χ1) is 8.20. The Labute approximate surface area is 115 Å². The highest BCUT2D eigenvalue weighted by Crippen LogP contribution is 2.22. The molecule has 2 N–H and O–H groups in total. The Morgan fingerprint density at radius 1 is 1.33 bits per heavy atom. The Morgan fingerprint density at radius 3 is 2.28 bits per heavy atom. The second-order valence-corrected chi connectivity index (χ2v) is 6.31. The summed E-state index contributed by atoms with van der Waals surface area (Å²) in [6.45, 7) is 1.46. The largest absolute Gasteiger partial charge is 0.481 e. The van der Waals surface area contributed by atoms with Gasteiger partial charge in [-0.05, 0) is 25.1 Å². The fourth-order valence-electron chi connectivity index (χ4n) is 1.32. The number of carboxylic acids is 1. The average molecular weight is 312 g/mol. The Balaban J connectivity index is 2.96. The maximum Gasteiger partial charge on any atom is 0.304 e. The monoisotopic (exact) mass is 311 g/mol. The second-order valence-electron chi connectivity index (χ2n) is 3.73. The van der Waals surface area contributed by atoms with E-state index in [1.165, 1.54) is 25.1 Å². The van der Waals surface area contributed by atoms with Crippen LogP contribution in [0.25, 0.3) is 0 Å². The zero-order chi connectivity index (χ0) is 13.9. The number of benzene rings is 1. The highest BCUT2D eigenvalue weighted by Gasteiger charge is 2.19. The molecule has 0 radical (unpaired) electrons. The van der Waals surface area contributed by atoms with Gasteiger partial charge in [-0.25, -0.2) is 13.1 Å². The summed E-state index contributed by atoms with van der Waals surface area (Å²) in [5.74, 6) is -1.09. The van der Waals surface area contributed by atoms with Crippen LogP contribution < -0.4 is 4.72 Å². The molecule has 1 atom stereocenters. The molecule has 0 aromatic heterocycles. The summed E-state index contributed by atoms with van der Waals surface area (Å²) in [7, 11) is -3.83. The van der Waals surface area contributed by atoms with E-state index in [0.29, 0.717) is 0 Å². The minimum absolute atomic E-state index is 0.0998. The smallest absolute Gasteiger partial charge is 0.304 e. The first-order valence-electron chi connectivity index (χ1n) is 4.91. The van der Waals surface area contributed by atoms with Crippen molar-refractivity contribution in [3.05, 3.63) is 28.2 Å². The van der Waals surface area contributed by atoms with Gasteiger partial charge in [-0.1, -0.05) is 23.2 Å². The van der Waals surface area contributed by atoms with E-state index in [-0.39, 0.29) is 21.4 Å². The van der Waals surface area contributed by atoms with Gasteiger partial charge in [0, 0.05) is 16.1 Å². The fraction of sp³-hybridized carbons (Fsp3) is 0.300. The summed E-state index contributed by atoms with van der Waals surface area (Å²) >= 11 is 11.4. The lowest BCUT2D eigenvalue weighted by Gasteiger charge is -2.12. The highest BCUT2D eigenvalue weighted by atomic mass is 35.5. The molecule has 0 amide bonds. The van der Waals surface area contributed by atoms with Crippen LogP contribution in [0.15, 0.2) is 23.1 Å². The van der Waals surface area contributed by atoms with E-state index in [4.69, 9.17) is 28.3 Å². The number of nitrogens with one attached hydrogen (secondary N) is 1. The van der Waals surface area contributed by atoms with Crippen molar-refractivity contribution < 1.29 is 18.3 Å². The first kappa shape index (κ1) is 15.2. The minimum Gasteiger partial charge on any atom is -0.481 e. The molecule has 1 aromatic rings. The Hall–Kier alpha value is -0.820. The van der Waals surface area contributed by atoms with Crippen molar-refractivity contribution in [3.63, 3.8) is 0 Å². The van der Waals surface area contributed by atoms with Crippen molar-refractivity contribution >= 4 is 39.2 Å². The fourth-order valence-corrected chi connectivity index (χ4v) is 3.29. The van der Waals surface area contributed by atoms with E-state index in [2.05, 4.69) is 4.72 Å². The lowest BCUT2D eigenvalue weighted by Crippen LogP contribution is -2.34. The van der Waals surface area contributed by atoms with E-state index in [1.807, 2.05) is 0 Å². The van der Waals surface area contributed by atoms with Gasteiger partial charge in [0.2, 0.25) is 10.0 Å². The highest BCUT2D eigenvalue weighted by molar-refractivity contribution is 7.89. The zero-order valence-corrected chi connectivity index (χ0v) is 11.7. The van der Waals surface area contributed by atoms with Crippen molar-refractivity contribution in [2.75, 3.05) is 0 Å². The van der Waals surface area contributed by atoms with Crippen molar-refractivity contribution in [3.8, 4) is 0 Å². The lowest BCUT2D eigenvalue weighted by atomic mass is 10.3. The third kappa shape index (κ3) is 4.45. The Bertz CT molecular complexity index is 539. The third-order valence-electron chi connectivity index (χ3n) is 1.98. The van der Waals surface area contributed by atoms with Crippen LogP contribution in [-0.4, -0.2) is 25.5 Å². The molecule has 0 aliphatic carbocycles. The number of carboxylic acid groups (broad SMARTS) is 1. The van der Waals surface area contributed by atoms with E-state index in [1.54, 1.807) is 0 Å². The molecule has 0 saturated heterocycles. The molecule has 0 saturated carbocycles. The standard InChI is InChI=1S/C10H11Cl2NO4S/c1-6(2-10(14)15)13-18(16,17)9-4-7(11)3-8(12)5-9/h3-6,13H,2H2,1H3,(H,14,15)/t6-/m0/s1. The van der Waals surface area contributed by atoms with Crippen LogP contribution in [0.1, 0.15) is 13.3 Å². The van der Waals surface area contributed by atoms with Gasteiger partial charge < -0.3 is 5.11 Å². The van der Waals surface area contributed by atoms with Gasteiger partial charge in [0.25, 0.3) is 0 Å².